The van der Waals surface area contributed by atoms with Gasteiger partial charge in [0, 0.05) is 11.8 Å². The van der Waals surface area contributed by atoms with Gasteiger partial charge in [-0.25, -0.2) is 0 Å². The summed E-state index contributed by atoms with van der Waals surface area (Å²) >= 11 is 5.66. The van der Waals surface area contributed by atoms with Crippen LogP contribution in [0, 0.1) is 13.8 Å². The molecule has 0 saturated carbocycles. The van der Waals surface area contributed by atoms with Gasteiger partial charge in [-0.3, -0.25) is 10.1 Å². The topological polar surface area (TPSA) is 61.8 Å². The Balaban J connectivity index is 1.83. The van der Waals surface area contributed by atoms with Gasteiger partial charge in [0.05, 0.1) is 20.3 Å². The van der Waals surface area contributed by atoms with Gasteiger partial charge in [0.2, 0.25) is 5.91 Å². The minimum absolute atomic E-state index is 0.0689. The number of nitrogens with zero attached hydrogens (tertiary/aromatic N) is 1. The van der Waals surface area contributed by atoms with Crippen LogP contribution in [0.15, 0.2) is 72.8 Å². The van der Waals surface area contributed by atoms with Gasteiger partial charge in [0.25, 0.3) is 0 Å². The quantitative estimate of drug-likeness (QED) is 0.387. The molecule has 6 heteroatoms. The molecule has 5 nitrogen and oxygen atoms in total. The Bertz CT molecular complexity index is 1160. The Morgan fingerprint density at radius 2 is 1.76 bits per heavy atom. The van der Waals surface area contributed by atoms with Crippen molar-refractivity contribution in [3.05, 3.63) is 101 Å². The molecule has 0 radical (unpaired) electrons. The van der Waals surface area contributed by atoms with Crippen LogP contribution in [-0.4, -0.2) is 23.2 Å². The summed E-state index contributed by atoms with van der Waals surface area (Å²) in [5, 5.41) is 12.9. The third kappa shape index (κ3) is 6.51. The molecule has 1 amide bonds. The van der Waals surface area contributed by atoms with E-state index < -0.39 is 0 Å². The molecule has 0 unspecified atom stereocenters. The molecule has 0 saturated heterocycles. The monoisotopic (exact) mass is 460 g/mol. The first kappa shape index (κ1) is 24.2. The molecule has 0 aliphatic rings. The SMILES string of the molecule is COc1ccc(/C=C/C(=O)NC(=S)N(Cc2ccccc2CO)c2cc(C)ccc2C)cc1. The minimum atomic E-state index is -0.318. The number of nitrogens with one attached hydrogen (secondary N) is 1. The van der Waals surface area contributed by atoms with Crippen molar-refractivity contribution in [3.63, 3.8) is 0 Å². The summed E-state index contributed by atoms with van der Waals surface area (Å²) in [7, 11) is 1.61. The number of aliphatic hydroxyl groups is 1. The van der Waals surface area contributed by atoms with E-state index in [1.807, 2.05) is 85.5 Å². The summed E-state index contributed by atoms with van der Waals surface area (Å²) in [5.41, 5.74) is 5.66. The molecule has 33 heavy (non-hydrogen) atoms. The van der Waals surface area contributed by atoms with E-state index in [4.69, 9.17) is 17.0 Å². The van der Waals surface area contributed by atoms with Crippen LogP contribution in [0.3, 0.4) is 0 Å². The highest BCUT2D eigenvalue weighted by molar-refractivity contribution is 7.80. The lowest BCUT2D eigenvalue weighted by atomic mass is 10.1. The Hall–Kier alpha value is -3.48. The van der Waals surface area contributed by atoms with Gasteiger partial charge in [0.1, 0.15) is 5.75 Å². The molecule has 3 aromatic carbocycles. The number of rotatable bonds is 7. The average Bonchev–Trinajstić information content (AvgIpc) is 2.83. The highest BCUT2D eigenvalue weighted by Crippen LogP contribution is 2.25. The first-order valence-electron chi connectivity index (χ1n) is 10.6. The summed E-state index contributed by atoms with van der Waals surface area (Å²) in [5.74, 6) is 0.437. The second-order valence-electron chi connectivity index (χ2n) is 7.70. The first-order valence-corrected chi connectivity index (χ1v) is 11.0. The van der Waals surface area contributed by atoms with E-state index in [1.54, 1.807) is 13.2 Å². The van der Waals surface area contributed by atoms with E-state index in [1.165, 1.54) is 6.08 Å². The van der Waals surface area contributed by atoms with Crippen molar-refractivity contribution in [1.29, 1.82) is 0 Å². The van der Waals surface area contributed by atoms with E-state index in [2.05, 4.69) is 5.32 Å². The number of ether oxygens (including phenoxy) is 1. The van der Waals surface area contributed by atoms with Crippen molar-refractivity contribution in [1.82, 2.24) is 5.32 Å². The van der Waals surface area contributed by atoms with Gasteiger partial charge in [-0.1, -0.05) is 48.5 Å². The molecule has 0 atom stereocenters. The van der Waals surface area contributed by atoms with E-state index >= 15 is 0 Å². The predicted molar refractivity (Wildman–Crippen MR) is 137 cm³/mol. The van der Waals surface area contributed by atoms with Crippen LogP contribution in [0.5, 0.6) is 5.75 Å². The van der Waals surface area contributed by atoms with Gasteiger partial charge in [-0.2, -0.15) is 0 Å². The molecule has 0 spiro atoms. The van der Waals surface area contributed by atoms with Crippen molar-refractivity contribution in [3.8, 4) is 5.75 Å². The summed E-state index contributed by atoms with van der Waals surface area (Å²) in [4.78, 5) is 14.5. The van der Waals surface area contributed by atoms with Crippen molar-refractivity contribution in [2.75, 3.05) is 12.0 Å². The molecule has 3 rings (SSSR count). The number of methoxy groups -OCH3 is 1. The van der Waals surface area contributed by atoms with Gasteiger partial charge in [0.15, 0.2) is 5.11 Å². The van der Waals surface area contributed by atoms with Crippen LogP contribution in [-0.2, 0) is 17.9 Å². The number of anilines is 1. The Kier molecular flexibility index (Phi) is 8.35. The fraction of sp³-hybridized carbons (Fsp3) is 0.185. The lowest BCUT2D eigenvalue weighted by Crippen LogP contribution is -2.42. The van der Waals surface area contributed by atoms with Crippen LogP contribution in [0.2, 0.25) is 0 Å². The molecule has 0 aliphatic heterocycles. The van der Waals surface area contributed by atoms with Crippen molar-refractivity contribution < 1.29 is 14.6 Å². The number of aliphatic hydroxyl groups excluding tert-OH is 1. The smallest absolute Gasteiger partial charge is 0.250 e. The maximum Gasteiger partial charge on any atom is 0.250 e. The van der Waals surface area contributed by atoms with E-state index in [9.17, 15) is 9.90 Å². The van der Waals surface area contributed by atoms with Crippen molar-refractivity contribution in [2.24, 2.45) is 0 Å². The van der Waals surface area contributed by atoms with Crippen LogP contribution < -0.4 is 15.0 Å². The molecule has 0 fully saturated rings. The zero-order valence-corrected chi connectivity index (χ0v) is 19.9. The van der Waals surface area contributed by atoms with E-state index in [-0.39, 0.29) is 12.5 Å². The number of benzene rings is 3. The fourth-order valence-corrected chi connectivity index (χ4v) is 3.68. The third-order valence-corrected chi connectivity index (χ3v) is 5.61. The number of aryl methyl sites for hydroxylation is 2. The second-order valence-corrected chi connectivity index (χ2v) is 8.09. The number of amides is 1. The molecule has 0 bridgehead atoms. The Morgan fingerprint density at radius 1 is 1.06 bits per heavy atom. The second kappa shape index (κ2) is 11.4. The average molecular weight is 461 g/mol. The first-order chi connectivity index (χ1) is 15.9. The van der Waals surface area contributed by atoms with Crippen molar-refractivity contribution >= 4 is 35.0 Å². The molecular formula is C27H28N2O3S. The normalized spacial score (nSPS) is 10.8. The highest BCUT2D eigenvalue weighted by atomic mass is 32.1. The fourth-order valence-electron chi connectivity index (χ4n) is 3.41. The van der Waals surface area contributed by atoms with Gasteiger partial charge >= 0.3 is 0 Å². The summed E-state index contributed by atoms with van der Waals surface area (Å²) < 4.78 is 5.16. The summed E-state index contributed by atoms with van der Waals surface area (Å²) in [6.45, 7) is 4.37. The maximum atomic E-state index is 12.6. The molecule has 2 N–H and O–H groups in total. The molecular weight excluding hydrogens is 432 g/mol. The van der Waals surface area contributed by atoms with E-state index in [0.29, 0.717) is 11.7 Å². The minimum Gasteiger partial charge on any atom is -0.497 e. The summed E-state index contributed by atoms with van der Waals surface area (Å²) in [6, 6.07) is 21.2. The third-order valence-electron chi connectivity index (χ3n) is 5.29. The molecule has 170 valence electrons. The highest BCUT2D eigenvalue weighted by Gasteiger charge is 2.18. The van der Waals surface area contributed by atoms with Crippen LogP contribution in [0.4, 0.5) is 5.69 Å². The van der Waals surface area contributed by atoms with Gasteiger partial charge < -0.3 is 14.7 Å². The number of hydrogen-bond acceptors (Lipinski definition) is 4. The maximum absolute atomic E-state index is 12.6. The standard InChI is InChI=1S/C27H28N2O3S/c1-19-8-9-20(2)25(16-19)29(17-22-6-4-5-7-23(22)18-30)27(33)28-26(31)15-12-21-10-13-24(32-3)14-11-21/h4-16,30H,17-18H2,1-3H3,(H,28,31,33)/b15-12+. The van der Waals surface area contributed by atoms with Crippen molar-refractivity contribution in [2.45, 2.75) is 27.0 Å². The molecule has 3 aromatic rings. The number of thiocarbonyl (C=S) groups is 1. The van der Waals surface area contributed by atoms with Gasteiger partial charge in [-0.05, 0) is 78.2 Å². The lowest BCUT2D eigenvalue weighted by Gasteiger charge is -2.28. The van der Waals surface area contributed by atoms with E-state index in [0.717, 1.165) is 39.3 Å². The predicted octanol–water partition coefficient (Wildman–Crippen LogP) is 4.93. The Morgan fingerprint density at radius 3 is 2.42 bits per heavy atom. The zero-order valence-electron chi connectivity index (χ0n) is 19.0. The number of carbonyl (C=O) groups excluding carboxylic acids is 1. The molecule has 0 heterocycles. The molecule has 0 aromatic heterocycles. The summed E-state index contributed by atoms with van der Waals surface area (Å²) in [6.07, 6.45) is 3.18. The molecule has 0 aliphatic carbocycles. The largest absolute Gasteiger partial charge is 0.497 e. The van der Waals surface area contributed by atoms with Crippen LogP contribution in [0.25, 0.3) is 6.08 Å². The Labute approximate surface area is 200 Å². The van der Waals surface area contributed by atoms with Gasteiger partial charge in [-0.15, -0.1) is 0 Å². The zero-order chi connectivity index (χ0) is 23.8. The number of hydrogen-bond donors (Lipinski definition) is 2. The number of carbonyl (C=O) groups is 1. The lowest BCUT2D eigenvalue weighted by molar-refractivity contribution is -0.115. The van der Waals surface area contributed by atoms with Crippen LogP contribution in [0.1, 0.15) is 27.8 Å². The van der Waals surface area contributed by atoms with Crippen LogP contribution >= 0.6 is 12.2 Å².